The van der Waals surface area contributed by atoms with Crippen molar-refractivity contribution in [2.24, 2.45) is 11.8 Å². The van der Waals surface area contributed by atoms with Crippen LogP contribution in [-0.4, -0.2) is 34.6 Å². The quantitative estimate of drug-likeness (QED) is 0.908. The van der Waals surface area contributed by atoms with Crippen LogP contribution in [0, 0.1) is 11.8 Å². The van der Waals surface area contributed by atoms with E-state index in [9.17, 15) is 22.8 Å². The van der Waals surface area contributed by atoms with Gasteiger partial charge >= 0.3 is 12.1 Å². The van der Waals surface area contributed by atoms with Gasteiger partial charge in [-0.2, -0.15) is 13.2 Å². The molecule has 1 aliphatic rings. The van der Waals surface area contributed by atoms with Crippen molar-refractivity contribution in [2.75, 3.05) is 6.54 Å². The highest BCUT2D eigenvalue weighted by atomic mass is 19.4. The van der Waals surface area contributed by atoms with E-state index in [0.717, 1.165) is 0 Å². The summed E-state index contributed by atoms with van der Waals surface area (Å²) in [6.45, 7) is -1.55. The van der Waals surface area contributed by atoms with Crippen LogP contribution in [0.3, 0.4) is 0 Å². The summed E-state index contributed by atoms with van der Waals surface area (Å²) in [4.78, 5) is 23.5. The second kappa shape index (κ2) is 5.75. The molecule has 0 spiro atoms. The maximum Gasteiger partial charge on any atom is 0.406 e. The third kappa shape index (κ3) is 4.21. The highest BCUT2D eigenvalue weighted by Crippen LogP contribution is 2.40. The molecule has 0 bridgehead atoms. The fourth-order valence-electron chi connectivity index (χ4n) is 2.21. The molecule has 0 aromatic heterocycles. The number of hydrogen-bond acceptors (Lipinski definition) is 2. The number of amides is 1. The molecule has 21 heavy (non-hydrogen) atoms. The van der Waals surface area contributed by atoms with E-state index in [2.05, 4.69) is 0 Å². The van der Waals surface area contributed by atoms with E-state index in [1.165, 1.54) is 0 Å². The molecular weight excluding hydrogens is 287 g/mol. The van der Waals surface area contributed by atoms with Gasteiger partial charge in [0.05, 0.1) is 11.8 Å². The van der Waals surface area contributed by atoms with Gasteiger partial charge in [0.2, 0.25) is 5.91 Å². The number of carboxylic acids is 1. The van der Waals surface area contributed by atoms with Crippen LogP contribution in [0.5, 0.6) is 0 Å². The zero-order valence-electron chi connectivity index (χ0n) is 11.0. The number of carboxylic acid groups (broad SMARTS) is 1. The molecule has 1 fully saturated rings. The second-order valence-corrected chi connectivity index (χ2v) is 5.08. The molecule has 1 saturated carbocycles. The van der Waals surface area contributed by atoms with Crippen LogP contribution in [0.1, 0.15) is 12.0 Å². The number of aliphatic carboxylic acids is 1. The van der Waals surface area contributed by atoms with Crippen molar-refractivity contribution >= 4 is 11.9 Å². The highest BCUT2D eigenvalue weighted by Gasteiger charge is 2.50. The molecule has 0 aliphatic heterocycles. The summed E-state index contributed by atoms with van der Waals surface area (Å²) in [5, 5.41) is 8.78. The lowest BCUT2D eigenvalue weighted by atomic mass is 10.2. The first-order valence-electron chi connectivity index (χ1n) is 6.40. The lowest BCUT2D eigenvalue weighted by Gasteiger charge is -2.24. The maximum absolute atomic E-state index is 12.6. The van der Waals surface area contributed by atoms with Gasteiger partial charge in [0.15, 0.2) is 0 Å². The molecular formula is C14H14F3NO3. The number of nitrogens with zero attached hydrogens (tertiary/aromatic N) is 1. The molecule has 4 nitrogen and oxygen atoms in total. The zero-order chi connectivity index (χ0) is 15.6. The van der Waals surface area contributed by atoms with Crippen molar-refractivity contribution in [1.82, 2.24) is 4.90 Å². The molecule has 2 atom stereocenters. The van der Waals surface area contributed by atoms with E-state index in [4.69, 9.17) is 5.11 Å². The Morgan fingerprint density at radius 2 is 1.81 bits per heavy atom. The number of halogens is 3. The summed E-state index contributed by atoms with van der Waals surface area (Å²) in [6, 6.07) is 8.31. The molecule has 1 amide bonds. The van der Waals surface area contributed by atoms with Crippen LogP contribution in [0.15, 0.2) is 30.3 Å². The lowest BCUT2D eigenvalue weighted by Crippen LogP contribution is -2.39. The normalized spacial score (nSPS) is 20.9. The fraction of sp³-hybridized carbons (Fsp3) is 0.429. The predicted octanol–water partition coefficient (Wildman–Crippen LogP) is 2.30. The minimum atomic E-state index is -4.52. The number of rotatable bonds is 5. The SMILES string of the molecule is O=C(O)[C@H]1C[C@H]1C(=O)N(Cc1ccccc1)CC(F)(F)F. The van der Waals surface area contributed by atoms with Crippen LogP contribution in [0.25, 0.3) is 0 Å². The van der Waals surface area contributed by atoms with Crippen molar-refractivity contribution in [1.29, 1.82) is 0 Å². The summed E-state index contributed by atoms with van der Waals surface area (Å²) in [5.41, 5.74) is 0.572. The first-order chi connectivity index (χ1) is 9.78. The second-order valence-electron chi connectivity index (χ2n) is 5.08. The Morgan fingerprint density at radius 1 is 1.19 bits per heavy atom. The molecule has 0 radical (unpaired) electrons. The van der Waals surface area contributed by atoms with Crippen molar-refractivity contribution in [3.8, 4) is 0 Å². The van der Waals surface area contributed by atoms with Crippen LogP contribution in [0.2, 0.25) is 0 Å². The minimum Gasteiger partial charge on any atom is -0.481 e. The van der Waals surface area contributed by atoms with Gasteiger partial charge in [-0.3, -0.25) is 9.59 Å². The lowest BCUT2D eigenvalue weighted by molar-refractivity contribution is -0.163. The standard InChI is InChI=1S/C14H14F3NO3/c15-14(16,17)8-18(7-9-4-2-1-3-5-9)12(19)10-6-11(10)13(20)21/h1-5,10-11H,6-8H2,(H,20,21)/t10-,11+/m1/s1. The largest absolute Gasteiger partial charge is 0.481 e. The number of alkyl halides is 3. The van der Waals surface area contributed by atoms with Crippen molar-refractivity contribution in [3.05, 3.63) is 35.9 Å². The molecule has 2 rings (SSSR count). The van der Waals surface area contributed by atoms with Crippen molar-refractivity contribution < 1.29 is 27.9 Å². The Morgan fingerprint density at radius 3 is 2.29 bits per heavy atom. The summed E-state index contributed by atoms with van der Waals surface area (Å²) in [5.74, 6) is -3.58. The van der Waals surface area contributed by atoms with Gasteiger partial charge in [0.1, 0.15) is 6.54 Å². The van der Waals surface area contributed by atoms with E-state index in [0.29, 0.717) is 10.5 Å². The van der Waals surface area contributed by atoms with Gasteiger partial charge in [-0.25, -0.2) is 0 Å². The molecule has 0 heterocycles. The van der Waals surface area contributed by atoms with E-state index < -0.39 is 36.4 Å². The fourth-order valence-corrected chi connectivity index (χ4v) is 2.21. The third-order valence-electron chi connectivity index (χ3n) is 3.32. The Bertz CT molecular complexity index is 530. The molecule has 7 heteroatoms. The number of hydrogen-bond donors (Lipinski definition) is 1. The highest BCUT2D eigenvalue weighted by molar-refractivity contribution is 5.89. The van der Waals surface area contributed by atoms with E-state index in [1.807, 2.05) is 0 Å². The Hall–Kier alpha value is -2.05. The predicted molar refractivity (Wildman–Crippen MR) is 67.1 cm³/mol. The molecule has 114 valence electrons. The van der Waals surface area contributed by atoms with Crippen molar-refractivity contribution in [2.45, 2.75) is 19.1 Å². The molecule has 1 aliphatic carbocycles. The zero-order valence-corrected chi connectivity index (χ0v) is 11.0. The average molecular weight is 301 g/mol. The Kier molecular flexibility index (Phi) is 4.20. The third-order valence-corrected chi connectivity index (χ3v) is 3.32. The van der Waals surface area contributed by atoms with Crippen LogP contribution in [-0.2, 0) is 16.1 Å². The van der Waals surface area contributed by atoms with E-state index in [-0.39, 0.29) is 13.0 Å². The van der Waals surface area contributed by atoms with Gasteiger partial charge in [0.25, 0.3) is 0 Å². The average Bonchev–Trinajstić information content (AvgIpc) is 3.17. The molecule has 1 N–H and O–H groups in total. The van der Waals surface area contributed by atoms with Crippen LogP contribution < -0.4 is 0 Å². The van der Waals surface area contributed by atoms with Crippen LogP contribution >= 0.6 is 0 Å². The van der Waals surface area contributed by atoms with Gasteiger partial charge in [-0.1, -0.05) is 30.3 Å². The van der Waals surface area contributed by atoms with Gasteiger partial charge in [-0.05, 0) is 12.0 Å². The summed E-state index contributed by atoms with van der Waals surface area (Å²) in [7, 11) is 0. The minimum absolute atomic E-state index is 0.108. The first kappa shape index (κ1) is 15.3. The Balaban J connectivity index is 2.09. The monoisotopic (exact) mass is 301 g/mol. The van der Waals surface area contributed by atoms with Gasteiger partial charge < -0.3 is 10.0 Å². The molecule has 0 unspecified atom stereocenters. The summed E-state index contributed by atoms with van der Waals surface area (Å²) < 4.78 is 37.8. The number of benzene rings is 1. The van der Waals surface area contributed by atoms with Gasteiger partial charge in [0, 0.05) is 6.54 Å². The van der Waals surface area contributed by atoms with Crippen LogP contribution in [0.4, 0.5) is 13.2 Å². The number of carbonyl (C=O) groups excluding carboxylic acids is 1. The molecule has 1 aromatic rings. The van der Waals surface area contributed by atoms with E-state index >= 15 is 0 Å². The van der Waals surface area contributed by atoms with Crippen molar-refractivity contribution in [3.63, 3.8) is 0 Å². The topological polar surface area (TPSA) is 57.6 Å². The smallest absolute Gasteiger partial charge is 0.406 e. The first-order valence-corrected chi connectivity index (χ1v) is 6.40. The maximum atomic E-state index is 12.6. The Labute approximate surface area is 119 Å². The molecule has 1 aromatic carbocycles. The van der Waals surface area contributed by atoms with Gasteiger partial charge in [-0.15, -0.1) is 0 Å². The summed E-state index contributed by atoms with van der Waals surface area (Å²) in [6.07, 6.45) is -4.41. The van der Waals surface area contributed by atoms with E-state index in [1.54, 1.807) is 30.3 Å². The molecule has 0 saturated heterocycles. The number of carbonyl (C=O) groups is 2. The summed E-state index contributed by atoms with van der Waals surface area (Å²) >= 11 is 0.